The van der Waals surface area contributed by atoms with Crippen LogP contribution in [0.3, 0.4) is 0 Å². The normalized spacial score (nSPS) is 11.4. The van der Waals surface area contributed by atoms with Crippen LogP contribution in [0.25, 0.3) is 10.9 Å². The Bertz CT molecular complexity index is 983. The minimum atomic E-state index is -0.523. The van der Waals surface area contributed by atoms with E-state index >= 15 is 0 Å². The first kappa shape index (κ1) is 20.1. The van der Waals surface area contributed by atoms with Crippen molar-refractivity contribution in [2.24, 2.45) is 10.2 Å². The molecule has 7 heteroatoms. The Hall–Kier alpha value is -2.67. The Labute approximate surface area is 172 Å². The maximum absolute atomic E-state index is 12.0. The Morgan fingerprint density at radius 3 is 2.71 bits per heavy atom. The molecule has 0 atom stereocenters. The molecule has 2 aromatic carbocycles. The van der Waals surface area contributed by atoms with E-state index in [2.05, 4.69) is 33.1 Å². The van der Waals surface area contributed by atoms with Crippen LogP contribution in [0.4, 0.5) is 5.69 Å². The largest absolute Gasteiger partial charge is 0.493 e. The molecular formula is C21H22BrN3O3. The van der Waals surface area contributed by atoms with Crippen LogP contribution in [0.2, 0.25) is 0 Å². The molecule has 146 valence electrons. The third-order valence-electron chi connectivity index (χ3n) is 4.32. The number of nitrogens with zero attached hydrogens (tertiary/aromatic N) is 3. The van der Waals surface area contributed by atoms with Gasteiger partial charge in [-0.05, 0) is 36.8 Å². The SMILES string of the molecule is CCCCCn1c(O)c(N=NC(=O)COc2ccccc2)c2cc(Br)ccc21. The Kier molecular flexibility index (Phi) is 6.81. The number of hydrogen-bond acceptors (Lipinski definition) is 4. The lowest BCUT2D eigenvalue weighted by Gasteiger charge is -2.06. The number of carbonyl (C=O) groups excluding carboxylic acids is 1. The van der Waals surface area contributed by atoms with Gasteiger partial charge in [0.15, 0.2) is 12.3 Å². The standard InChI is InChI=1S/C21H22BrN3O3/c1-2-3-7-12-25-18-11-10-15(22)13-17(18)20(21(25)27)24-23-19(26)14-28-16-8-5-4-6-9-16/h4-6,8-11,13,27H,2-3,7,12,14H2,1H3. The molecule has 0 radical (unpaired) electrons. The zero-order valence-corrected chi connectivity index (χ0v) is 17.2. The van der Waals surface area contributed by atoms with E-state index in [0.717, 1.165) is 34.6 Å². The van der Waals surface area contributed by atoms with Gasteiger partial charge in [0.1, 0.15) is 5.75 Å². The van der Waals surface area contributed by atoms with Gasteiger partial charge >= 0.3 is 5.91 Å². The number of carbonyl (C=O) groups is 1. The lowest BCUT2D eigenvalue weighted by atomic mass is 10.2. The fourth-order valence-corrected chi connectivity index (χ4v) is 3.30. The number of unbranched alkanes of at least 4 members (excludes halogenated alkanes) is 2. The number of ether oxygens (including phenoxy) is 1. The molecule has 28 heavy (non-hydrogen) atoms. The van der Waals surface area contributed by atoms with Gasteiger partial charge in [-0.2, -0.15) is 0 Å². The molecule has 0 bridgehead atoms. The van der Waals surface area contributed by atoms with Crippen LogP contribution >= 0.6 is 15.9 Å². The first-order valence-corrected chi connectivity index (χ1v) is 10.0. The smallest absolute Gasteiger partial charge is 0.302 e. The van der Waals surface area contributed by atoms with Crippen molar-refractivity contribution < 1.29 is 14.6 Å². The van der Waals surface area contributed by atoms with Gasteiger partial charge in [0.25, 0.3) is 0 Å². The molecule has 3 rings (SSSR count). The average molecular weight is 444 g/mol. The Balaban J connectivity index is 1.81. The summed E-state index contributed by atoms with van der Waals surface area (Å²) < 4.78 is 8.06. The van der Waals surface area contributed by atoms with E-state index in [1.165, 1.54) is 0 Å². The van der Waals surface area contributed by atoms with Crippen molar-refractivity contribution in [3.63, 3.8) is 0 Å². The number of benzene rings is 2. The summed E-state index contributed by atoms with van der Waals surface area (Å²) in [6, 6.07) is 14.7. The van der Waals surface area contributed by atoms with Gasteiger partial charge in [0.2, 0.25) is 5.88 Å². The molecule has 0 spiro atoms. The molecule has 0 unspecified atom stereocenters. The van der Waals surface area contributed by atoms with Gasteiger partial charge in [-0.15, -0.1) is 10.2 Å². The van der Waals surface area contributed by atoms with Crippen LogP contribution < -0.4 is 4.74 Å². The number of azo groups is 1. The summed E-state index contributed by atoms with van der Waals surface area (Å²) >= 11 is 3.44. The molecule has 0 aliphatic heterocycles. The Morgan fingerprint density at radius 1 is 1.18 bits per heavy atom. The number of fused-ring (bicyclic) bond motifs is 1. The minimum absolute atomic E-state index is 0.0183. The highest BCUT2D eigenvalue weighted by atomic mass is 79.9. The van der Waals surface area contributed by atoms with Gasteiger partial charge in [0.05, 0.1) is 5.52 Å². The molecule has 3 aromatic rings. The van der Waals surface area contributed by atoms with Crippen LogP contribution in [-0.2, 0) is 11.3 Å². The van der Waals surface area contributed by atoms with E-state index in [-0.39, 0.29) is 12.5 Å². The van der Waals surface area contributed by atoms with Gasteiger partial charge in [0, 0.05) is 16.4 Å². The maximum atomic E-state index is 12.0. The molecule has 1 N–H and O–H groups in total. The summed E-state index contributed by atoms with van der Waals surface area (Å²) in [6.45, 7) is 2.60. The topological polar surface area (TPSA) is 76.2 Å². The quantitative estimate of drug-likeness (QED) is 0.343. The van der Waals surface area contributed by atoms with Crippen LogP contribution in [-0.4, -0.2) is 22.2 Å². The monoisotopic (exact) mass is 443 g/mol. The van der Waals surface area contributed by atoms with Crippen LogP contribution in [0.5, 0.6) is 11.6 Å². The molecule has 0 fully saturated rings. The van der Waals surface area contributed by atoms with Crippen LogP contribution in [0.1, 0.15) is 26.2 Å². The first-order valence-electron chi connectivity index (χ1n) is 9.23. The number of rotatable bonds is 8. The number of aryl methyl sites for hydroxylation is 1. The van der Waals surface area contributed by atoms with E-state index in [4.69, 9.17) is 4.74 Å². The predicted molar refractivity (Wildman–Crippen MR) is 112 cm³/mol. The van der Waals surface area contributed by atoms with Crippen molar-refractivity contribution in [3.05, 3.63) is 53.0 Å². The van der Waals surface area contributed by atoms with Crippen molar-refractivity contribution in [3.8, 4) is 11.6 Å². The molecule has 0 aliphatic carbocycles. The lowest BCUT2D eigenvalue weighted by molar-refractivity contribution is -0.120. The highest BCUT2D eigenvalue weighted by Gasteiger charge is 2.17. The molecular weight excluding hydrogens is 422 g/mol. The highest BCUT2D eigenvalue weighted by Crippen LogP contribution is 2.40. The summed E-state index contributed by atoms with van der Waals surface area (Å²) in [7, 11) is 0. The van der Waals surface area contributed by atoms with Crippen molar-refractivity contribution in [2.45, 2.75) is 32.7 Å². The lowest BCUT2D eigenvalue weighted by Crippen LogP contribution is -2.07. The predicted octanol–water partition coefficient (Wildman–Crippen LogP) is 5.99. The van der Waals surface area contributed by atoms with Gasteiger partial charge < -0.3 is 14.4 Å². The van der Waals surface area contributed by atoms with Gasteiger partial charge in [-0.25, -0.2) is 0 Å². The Morgan fingerprint density at radius 2 is 1.96 bits per heavy atom. The summed E-state index contributed by atoms with van der Waals surface area (Å²) in [5, 5.41) is 19.2. The molecule has 6 nitrogen and oxygen atoms in total. The fourth-order valence-electron chi connectivity index (χ4n) is 2.94. The van der Waals surface area contributed by atoms with Crippen LogP contribution in [0, 0.1) is 0 Å². The molecule has 1 heterocycles. The second-order valence-corrected chi connectivity index (χ2v) is 7.30. The van der Waals surface area contributed by atoms with Crippen molar-refractivity contribution >= 4 is 38.4 Å². The molecule has 0 saturated carbocycles. The van der Waals surface area contributed by atoms with Crippen molar-refractivity contribution in [1.82, 2.24) is 4.57 Å². The van der Waals surface area contributed by atoms with E-state index in [1.54, 1.807) is 12.1 Å². The number of amides is 1. The van der Waals surface area contributed by atoms with Crippen LogP contribution in [0.15, 0.2) is 63.2 Å². The minimum Gasteiger partial charge on any atom is -0.493 e. The van der Waals surface area contributed by atoms with E-state index in [9.17, 15) is 9.90 Å². The zero-order valence-electron chi connectivity index (χ0n) is 15.6. The van der Waals surface area contributed by atoms with Crippen molar-refractivity contribution in [1.29, 1.82) is 0 Å². The average Bonchev–Trinajstić information content (AvgIpc) is 2.96. The van der Waals surface area contributed by atoms with E-state index in [1.807, 2.05) is 41.0 Å². The summed E-state index contributed by atoms with van der Waals surface area (Å²) in [4.78, 5) is 12.0. The highest BCUT2D eigenvalue weighted by molar-refractivity contribution is 9.10. The summed E-state index contributed by atoms with van der Waals surface area (Å²) in [5.74, 6) is 0.0835. The summed E-state index contributed by atoms with van der Waals surface area (Å²) in [5.41, 5.74) is 1.15. The number of hydrogen-bond donors (Lipinski definition) is 1. The van der Waals surface area contributed by atoms with E-state index < -0.39 is 5.91 Å². The number of halogens is 1. The second-order valence-electron chi connectivity index (χ2n) is 6.39. The third kappa shape index (κ3) is 4.78. The van der Waals surface area contributed by atoms with E-state index in [0.29, 0.717) is 18.0 Å². The molecule has 0 saturated heterocycles. The molecule has 1 amide bonds. The van der Waals surface area contributed by atoms with Gasteiger partial charge in [-0.3, -0.25) is 4.79 Å². The number of aromatic hydroxyl groups is 1. The van der Waals surface area contributed by atoms with Gasteiger partial charge in [-0.1, -0.05) is 53.9 Å². The number of aromatic nitrogens is 1. The third-order valence-corrected chi connectivity index (χ3v) is 4.82. The zero-order chi connectivity index (χ0) is 19.9. The molecule has 0 aliphatic rings. The molecule has 1 aromatic heterocycles. The second kappa shape index (κ2) is 9.50. The van der Waals surface area contributed by atoms with Crippen molar-refractivity contribution in [2.75, 3.05) is 6.61 Å². The number of para-hydroxylation sites is 1. The fraction of sp³-hybridized carbons (Fsp3) is 0.286. The first-order chi connectivity index (χ1) is 13.6. The summed E-state index contributed by atoms with van der Waals surface area (Å²) in [6.07, 6.45) is 3.11. The maximum Gasteiger partial charge on any atom is 0.302 e.